The van der Waals surface area contributed by atoms with E-state index >= 15 is 0 Å². The first-order valence-electron chi connectivity index (χ1n) is 2.96. The molecule has 0 spiro atoms. The third kappa shape index (κ3) is 1.62. The van der Waals surface area contributed by atoms with Gasteiger partial charge in [-0.05, 0) is 18.0 Å². The summed E-state index contributed by atoms with van der Waals surface area (Å²) in [4.78, 5) is -0.609. The molecular weight excluding hydrogens is 186 g/mol. The van der Waals surface area contributed by atoms with Crippen LogP contribution in [0, 0.1) is 11.6 Å². The number of halogens is 2. The molecule has 5 heteroatoms. The van der Waals surface area contributed by atoms with Gasteiger partial charge in [0, 0.05) is 0 Å². The molecule has 1 aromatic rings. The molecule has 0 saturated heterocycles. The quantitative estimate of drug-likeness (QED) is 0.685. The molecule has 1 rings (SSSR count). The van der Waals surface area contributed by atoms with E-state index in [0.29, 0.717) is 0 Å². The molecule has 0 fully saturated rings. The summed E-state index contributed by atoms with van der Waals surface area (Å²) >= 11 is 0. The molecule has 1 aromatic carbocycles. The second-order valence-electron chi connectivity index (χ2n) is 2.19. The number of benzene rings is 1. The van der Waals surface area contributed by atoms with Crippen molar-refractivity contribution in [1.82, 2.24) is 0 Å². The Balaban J connectivity index is 3.47. The molecule has 0 saturated carbocycles. The van der Waals surface area contributed by atoms with E-state index < -0.39 is 26.3 Å². The average molecular weight is 192 g/mol. The van der Waals surface area contributed by atoms with Crippen LogP contribution in [0.2, 0.25) is 0 Å². The molecule has 1 unspecified atom stereocenters. The molecule has 0 aliphatic carbocycles. The zero-order valence-electron chi connectivity index (χ0n) is 5.96. The maximum atomic E-state index is 12.7. The minimum absolute atomic E-state index is 0.609. The summed E-state index contributed by atoms with van der Waals surface area (Å²) < 4.78 is 44.8. The third-order valence-corrected chi connectivity index (χ3v) is 2.26. The Morgan fingerprint density at radius 1 is 1.42 bits per heavy atom. The lowest BCUT2D eigenvalue weighted by Crippen LogP contribution is -2.02. The molecule has 0 aromatic heterocycles. The molecule has 0 heterocycles. The van der Waals surface area contributed by atoms with Gasteiger partial charge in [-0.15, -0.1) is 0 Å². The van der Waals surface area contributed by atoms with Crippen LogP contribution in [-0.2, 0) is 9.80 Å². The van der Waals surface area contributed by atoms with E-state index in [0.717, 1.165) is 18.2 Å². The van der Waals surface area contributed by atoms with E-state index in [2.05, 4.69) is 5.87 Å². The highest BCUT2D eigenvalue weighted by Crippen LogP contribution is 2.15. The van der Waals surface area contributed by atoms with Gasteiger partial charge in [-0.3, -0.25) is 0 Å². The number of hydrogen-bond donors (Lipinski definition) is 1. The Hall–Kier alpha value is -0.940. The maximum Gasteiger partial charge on any atom is 0.176 e. The van der Waals surface area contributed by atoms with Crippen LogP contribution >= 0.6 is 0 Å². The SMILES string of the molecule is C=S(=O)(O)c1cccc(F)c1F. The maximum absolute atomic E-state index is 12.7. The van der Waals surface area contributed by atoms with E-state index in [1.54, 1.807) is 0 Å². The van der Waals surface area contributed by atoms with Gasteiger partial charge in [-0.1, -0.05) is 6.07 Å². The fraction of sp³-hybridized carbons (Fsp3) is 0. The largest absolute Gasteiger partial charge is 0.310 e. The lowest BCUT2D eigenvalue weighted by Gasteiger charge is -2.02. The van der Waals surface area contributed by atoms with Crippen molar-refractivity contribution in [1.29, 1.82) is 0 Å². The van der Waals surface area contributed by atoms with Crippen molar-refractivity contribution >= 4 is 15.7 Å². The highest BCUT2D eigenvalue weighted by atomic mass is 32.2. The Morgan fingerprint density at radius 2 is 2.00 bits per heavy atom. The zero-order valence-corrected chi connectivity index (χ0v) is 6.78. The van der Waals surface area contributed by atoms with Crippen LogP contribution in [0.1, 0.15) is 0 Å². The summed E-state index contributed by atoms with van der Waals surface area (Å²) in [6, 6.07) is 3.03. The van der Waals surface area contributed by atoms with Gasteiger partial charge in [0.05, 0.1) is 4.90 Å². The van der Waals surface area contributed by atoms with Gasteiger partial charge in [-0.25, -0.2) is 13.0 Å². The Morgan fingerprint density at radius 3 is 2.42 bits per heavy atom. The lowest BCUT2D eigenvalue weighted by atomic mass is 10.3. The van der Waals surface area contributed by atoms with Gasteiger partial charge in [0.15, 0.2) is 11.6 Å². The summed E-state index contributed by atoms with van der Waals surface area (Å²) in [7, 11) is -3.67. The molecule has 0 amide bonds. The van der Waals surface area contributed by atoms with Gasteiger partial charge >= 0.3 is 0 Å². The van der Waals surface area contributed by atoms with Crippen molar-refractivity contribution in [3.8, 4) is 0 Å². The first-order valence-corrected chi connectivity index (χ1v) is 4.65. The number of rotatable bonds is 1. The smallest absolute Gasteiger partial charge is 0.176 e. The normalized spacial score (nSPS) is 15.6. The number of hydrogen-bond acceptors (Lipinski definition) is 1. The summed E-state index contributed by atoms with van der Waals surface area (Å²) in [6.07, 6.45) is 0. The first kappa shape index (κ1) is 9.15. The monoisotopic (exact) mass is 192 g/mol. The van der Waals surface area contributed by atoms with Gasteiger partial charge in [0.1, 0.15) is 9.80 Å². The standard InChI is InChI=1S/C7H6F2O2S/c1-12(10,11)6-4-2-3-5(8)7(6)9/h2-4H,1H2,(H,10,11). The summed E-state index contributed by atoms with van der Waals surface area (Å²) in [6.45, 7) is 0. The molecule has 0 aliphatic rings. The Bertz CT molecular complexity index is 398. The molecule has 1 atom stereocenters. The molecule has 0 aliphatic heterocycles. The highest BCUT2D eigenvalue weighted by Gasteiger charge is 2.13. The van der Waals surface area contributed by atoms with Crippen LogP contribution in [0.5, 0.6) is 0 Å². The van der Waals surface area contributed by atoms with Crippen molar-refractivity contribution in [2.24, 2.45) is 0 Å². The Kier molecular flexibility index (Phi) is 2.16. The summed E-state index contributed by atoms with van der Waals surface area (Å²) in [5.41, 5.74) is 0. The summed E-state index contributed by atoms with van der Waals surface area (Å²) in [5, 5.41) is 0. The minimum Gasteiger partial charge on any atom is -0.310 e. The van der Waals surface area contributed by atoms with Crippen molar-refractivity contribution in [2.45, 2.75) is 4.90 Å². The van der Waals surface area contributed by atoms with E-state index in [4.69, 9.17) is 4.55 Å². The fourth-order valence-corrected chi connectivity index (χ4v) is 1.40. The van der Waals surface area contributed by atoms with Crippen LogP contribution < -0.4 is 0 Å². The van der Waals surface area contributed by atoms with Crippen molar-refractivity contribution in [2.75, 3.05) is 0 Å². The van der Waals surface area contributed by atoms with E-state index in [9.17, 15) is 13.0 Å². The zero-order chi connectivity index (χ0) is 9.35. The van der Waals surface area contributed by atoms with Crippen molar-refractivity contribution in [3.05, 3.63) is 29.8 Å². The molecule has 12 heavy (non-hydrogen) atoms. The lowest BCUT2D eigenvalue weighted by molar-refractivity contribution is 0.480. The van der Waals surface area contributed by atoms with E-state index in [1.165, 1.54) is 0 Å². The second-order valence-corrected chi connectivity index (χ2v) is 3.91. The van der Waals surface area contributed by atoms with Crippen LogP contribution in [0.3, 0.4) is 0 Å². The van der Waals surface area contributed by atoms with Gasteiger partial charge in [0.2, 0.25) is 0 Å². The van der Waals surface area contributed by atoms with Crippen LogP contribution in [0.4, 0.5) is 8.78 Å². The highest BCUT2D eigenvalue weighted by molar-refractivity contribution is 7.95. The van der Waals surface area contributed by atoms with Crippen molar-refractivity contribution in [3.63, 3.8) is 0 Å². The van der Waals surface area contributed by atoms with Gasteiger partial charge in [0.25, 0.3) is 0 Å². The second kappa shape index (κ2) is 2.84. The van der Waals surface area contributed by atoms with E-state index in [-0.39, 0.29) is 0 Å². The average Bonchev–Trinajstić information content (AvgIpc) is 1.92. The molecule has 0 radical (unpaired) electrons. The van der Waals surface area contributed by atoms with Crippen LogP contribution in [-0.4, -0.2) is 14.6 Å². The molecule has 1 N–H and O–H groups in total. The van der Waals surface area contributed by atoms with Gasteiger partial charge in [-0.2, -0.15) is 0 Å². The van der Waals surface area contributed by atoms with E-state index in [1.807, 2.05) is 0 Å². The predicted octanol–water partition coefficient (Wildman–Crippen LogP) is 1.51. The van der Waals surface area contributed by atoms with Crippen molar-refractivity contribution < 1.29 is 17.5 Å². The van der Waals surface area contributed by atoms with Crippen LogP contribution in [0.15, 0.2) is 23.1 Å². The molecular formula is C7H6F2O2S. The molecule has 0 bridgehead atoms. The van der Waals surface area contributed by atoms with Crippen LogP contribution in [0.25, 0.3) is 0 Å². The first-order chi connectivity index (χ1) is 5.43. The van der Waals surface area contributed by atoms with Gasteiger partial charge < -0.3 is 4.55 Å². The molecule has 66 valence electrons. The Labute approximate surface area is 68.7 Å². The minimum atomic E-state index is -3.67. The third-order valence-electron chi connectivity index (χ3n) is 1.26. The topological polar surface area (TPSA) is 37.3 Å². The molecule has 2 nitrogen and oxygen atoms in total. The predicted molar refractivity (Wildman–Crippen MR) is 42.5 cm³/mol. The summed E-state index contributed by atoms with van der Waals surface area (Å²) in [5.74, 6) is 0.345. The fourth-order valence-electron chi connectivity index (χ4n) is 0.730.